The molecule has 14 nitrogen and oxygen atoms in total. The average Bonchev–Trinajstić information content (AvgIpc) is 2.72. The van der Waals surface area contributed by atoms with Gasteiger partial charge in [0, 0.05) is 97.7 Å². The summed E-state index contributed by atoms with van der Waals surface area (Å²) in [6.07, 6.45) is 2.92. The predicted octanol–water partition coefficient (Wildman–Crippen LogP) is -1.75. The third kappa shape index (κ3) is 14.5. The van der Waals surface area contributed by atoms with Gasteiger partial charge in [0.1, 0.15) is 19.6 Å². The van der Waals surface area contributed by atoms with E-state index in [0.29, 0.717) is 0 Å². The molecule has 0 aromatic rings. The van der Waals surface area contributed by atoms with Crippen LogP contribution in [0.5, 0.6) is 0 Å². The summed E-state index contributed by atoms with van der Waals surface area (Å²) in [4.78, 5) is 65.4. The van der Waals surface area contributed by atoms with Gasteiger partial charge in [0.2, 0.25) is 5.91 Å². The molecule has 0 aliphatic carbocycles. The van der Waals surface area contributed by atoms with E-state index >= 15 is 0 Å². The van der Waals surface area contributed by atoms with Gasteiger partial charge in [0.05, 0.1) is 13.1 Å². The molecule has 0 aromatic carbocycles. The first-order chi connectivity index (χ1) is 16.4. The van der Waals surface area contributed by atoms with E-state index in [-0.39, 0.29) is 111 Å². The van der Waals surface area contributed by atoms with E-state index in [1.165, 1.54) is 27.1 Å². The van der Waals surface area contributed by atoms with Gasteiger partial charge in [-0.25, -0.2) is 0 Å². The summed E-state index contributed by atoms with van der Waals surface area (Å²) in [7, 11) is 0. The molecular weight excluding hydrogens is 624 g/mol. The first-order valence-corrected chi connectivity index (χ1v) is 11.1. The molecule has 36 heavy (non-hydrogen) atoms. The number of amides is 1. The standard InChI is InChI=1S/C21H35N5O9.Gd/c1-16(2)26(15-21(34)35)17(27)11-22-3-5-23(12-18(28)29)7-9-25(14-20(32)33)10-8-24(6-4-22)13-19(30)31;/h7,9,16H,3-6,8,10-15H2,1-2H3,(H,28,29)(H,30,31)(H,32,33)(H,34,35);/b9-7-;. The van der Waals surface area contributed by atoms with E-state index < -0.39 is 36.3 Å². The third-order valence-electron chi connectivity index (χ3n) is 5.27. The van der Waals surface area contributed by atoms with Crippen LogP contribution in [0, 0.1) is 39.9 Å². The number of rotatable bonds is 11. The van der Waals surface area contributed by atoms with Crippen molar-refractivity contribution in [3.05, 3.63) is 12.4 Å². The molecule has 0 aromatic heterocycles. The minimum absolute atomic E-state index is 0. The van der Waals surface area contributed by atoms with Crippen molar-refractivity contribution < 1.29 is 84.3 Å². The van der Waals surface area contributed by atoms with Crippen LogP contribution < -0.4 is 0 Å². The SMILES string of the molecule is CC(C)N(CC(=O)O)C(=O)CN1CCN(CC(=O)O)/C=C\N(CC(=O)O)CCN(CC(=O)O)CC1.[Gd]. The van der Waals surface area contributed by atoms with Crippen molar-refractivity contribution in [2.45, 2.75) is 19.9 Å². The summed E-state index contributed by atoms with van der Waals surface area (Å²) in [5, 5.41) is 36.8. The Morgan fingerprint density at radius 1 is 0.667 bits per heavy atom. The minimum Gasteiger partial charge on any atom is -0.480 e. The Balaban J connectivity index is 0.0000122. The fourth-order valence-corrected chi connectivity index (χ4v) is 3.49. The normalized spacial score (nSPS) is 16.9. The van der Waals surface area contributed by atoms with E-state index in [1.807, 2.05) is 0 Å². The second kappa shape index (κ2) is 17.4. The molecule has 0 fully saturated rings. The van der Waals surface area contributed by atoms with Crippen LogP contribution in [0.1, 0.15) is 13.8 Å². The molecule has 1 heterocycles. The van der Waals surface area contributed by atoms with Crippen molar-refractivity contribution in [3.63, 3.8) is 0 Å². The van der Waals surface area contributed by atoms with Gasteiger partial charge < -0.3 is 35.1 Å². The van der Waals surface area contributed by atoms with Crippen LogP contribution in [-0.2, 0) is 24.0 Å². The Kier molecular flexibility index (Phi) is 16.4. The molecule has 4 N–H and O–H groups in total. The predicted molar refractivity (Wildman–Crippen MR) is 123 cm³/mol. The molecule has 0 atom stereocenters. The Morgan fingerprint density at radius 3 is 1.42 bits per heavy atom. The number of aliphatic carboxylic acids is 4. The van der Waals surface area contributed by atoms with Crippen LogP contribution in [0.3, 0.4) is 0 Å². The second-order valence-corrected chi connectivity index (χ2v) is 8.48. The van der Waals surface area contributed by atoms with Gasteiger partial charge in [0.15, 0.2) is 0 Å². The second-order valence-electron chi connectivity index (χ2n) is 8.48. The number of hydrogen-bond donors (Lipinski definition) is 4. The van der Waals surface area contributed by atoms with Crippen LogP contribution >= 0.6 is 0 Å². The quantitative estimate of drug-likeness (QED) is 0.196. The summed E-state index contributed by atoms with van der Waals surface area (Å²) in [6, 6.07) is -0.346. The van der Waals surface area contributed by atoms with Crippen molar-refractivity contribution in [2.75, 3.05) is 72.0 Å². The number of carboxylic acid groups (broad SMARTS) is 4. The van der Waals surface area contributed by atoms with Crippen LogP contribution in [0.15, 0.2) is 12.4 Å². The molecule has 206 valence electrons. The zero-order valence-electron chi connectivity index (χ0n) is 20.4. The molecule has 0 bridgehead atoms. The van der Waals surface area contributed by atoms with E-state index in [0.717, 1.165) is 0 Å². The van der Waals surface area contributed by atoms with Crippen molar-refractivity contribution in [1.82, 2.24) is 24.5 Å². The molecule has 1 rings (SSSR count). The number of nitrogens with zero attached hydrogens (tertiary/aromatic N) is 5. The Labute approximate surface area is 241 Å². The maximum Gasteiger partial charge on any atom is 0.323 e. The van der Waals surface area contributed by atoms with Gasteiger partial charge in [-0.2, -0.15) is 0 Å². The molecule has 15 heteroatoms. The summed E-state index contributed by atoms with van der Waals surface area (Å²) in [5.41, 5.74) is 0. The van der Waals surface area contributed by atoms with Gasteiger partial charge in [-0.05, 0) is 13.8 Å². The van der Waals surface area contributed by atoms with Crippen molar-refractivity contribution in [1.29, 1.82) is 0 Å². The van der Waals surface area contributed by atoms with E-state index in [4.69, 9.17) is 10.2 Å². The van der Waals surface area contributed by atoms with E-state index in [1.54, 1.807) is 23.6 Å². The molecular formula is C21H35GdN5O9. The van der Waals surface area contributed by atoms with Gasteiger partial charge >= 0.3 is 23.9 Å². The summed E-state index contributed by atoms with van der Waals surface area (Å²) in [6.45, 7) is 3.22. The molecule has 0 unspecified atom stereocenters. The fourth-order valence-electron chi connectivity index (χ4n) is 3.49. The van der Waals surface area contributed by atoms with Crippen molar-refractivity contribution >= 4 is 29.8 Å². The maximum absolute atomic E-state index is 12.9. The van der Waals surface area contributed by atoms with Crippen molar-refractivity contribution in [3.8, 4) is 0 Å². The minimum atomic E-state index is -1.14. The van der Waals surface area contributed by atoms with Crippen LogP contribution in [0.25, 0.3) is 0 Å². The van der Waals surface area contributed by atoms with E-state index in [9.17, 15) is 34.2 Å². The largest absolute Gasteiger partial charge is 0.480 e. The fraction of sp³-hybridized carbons (Fsp3) is 0.667. The molecule has 1 aliphatic heterocycles. The number of carbonyl (C=O) groups excluding carboxylic acids is 1. The number of carboxylic acids is 4. The number of hydrogen-bond acceptors (Lipinski definition) is 9. The van der Waals surface area contributed by atoms with Crippen LogP contribution in [0.2, 0.25) is 0 Å². The molecule has 0 saturated heterocycles. The molecule has 0 radical (unpaired) electrons. The maximum atomic E-state index is 12.9. The zero-order valence-corrected chi connectivity index (χ0v) is 22.7. The summed E-state index contributed by atoms with van der Waals surface area (Å²) in [5.74, 6) is -4.78. The van der Waals surface area contributed by atoms with Crippen LogP contribution in [0.4, 0.5) is 0 Å². The van der Waals surface area contributed by atoms with Gasteiger partial charge in [0.25, 0.3) is 0 Å². The Bertz CT molecular complexity index is 796. The van der Waals surface area contributed by atoms with Crippen molar-refractivity contribution in [2.24, 2.45) is 0 Å². The third-order valence-corrected chi connectivity index (χ3v) is 5.27. The Morgan fingerprint density at radius 2 is 1.06 bits per heavy atom. The summed E-state index contributed by atoms with van der Waals surface area (Å²) >= 11 is 0. The first-order valence-electron chi connectivity index (χ1n) is 11.1. The first kappa shape index (κ1) is 33.9. The van der Waals surface area contributed by atoms with Gasteiger partial charge in [-0.15, -0.1) is 0 Å². The smallest absolute Gasteiger partial charge is 0.323 e. The van der Waals surface area contributed by atoms with Gasteiger partial charge in [-0.1, -0.05) is 0 Å². The molecule has 0 saturated carbocycles. The van der Waals surface area contributed by atoms with Gasteiger partial charge in [-0.3, -0.25) is 33.8 Å². The van der Waals surface area contributed by atoms with E-state index in [2.05, 4.69) is 0 Å². The average molecular weight is 659 g/mol. The topological polar surface area (TPSA) is 182 Å². The van der Waals surface area contributed by atoms with Crippen LogP contribution in [-0.4, -0.2) is 153 Å². The Hall–Kier alpha value is -2.07. The number of carbonyl (C=O) groups is 5. The molecule has 1 amide bonds. The summed E-state index contributed by atoms with van der Waals surface area (Å²) < 4.78 is 0. The zero-order chi connectivity index (χ0) is 26.5. The monoisotopic (exact) mass is 659 g/mol. The molecule has 0 spiro atoms. The molecule has 1 aliphatic rings.